The Labute approximate surface area is 138 Å². The van der Waals surface area contributed by atoms with Crippen LogP contribution in [0.15, 0.2) is 24.3 Å². The van der Waals surface area contributed by atoms with Crippen LogP contribution in [-0.2, 0) is 6.54 Å². The number of rotatable bonds is 4. The Balaban J connectivity index is 1.61. The van der Waals surface area contributed by atoms with Gasteiger partial charge in [0.25, 0.3) is 0 Å². The van der Waals surface area contributed by atoms with Crippen molar-refractivity contribution < 1.29 is 9.53 Å². The van der Waals surface area contributed by atoms with E-state index < -0.39 is 0 Å². The fourth-order valence-corrected chi connectivity index (χ4v) is 3.44. The molecule has 23 heavy (non-hydrogen) atoms. The first kappa shape index (κ1) is 16.1. The van der Waals surface area contributed by atoms with Gasteiger partial charge in [0.2, 0.25) is 0 Å². The molecule has 4 rings (SSSR count). The summed E-state index contributed by atoms with van der Waals surface area (Å²) in [6.07, 6.45) is 2.32. The highest BCUT2D eigenvalue weighted by molar-refractivity contribution is 5.74. The molecular weight excluding hydrogens is 290 g/mol. The number of nitrogens with zero attached hydrogens (tertiary/aromatic N) is 2. The van der Waals surface area contributed by atoms with Crippen molar-refractivity contribution in [2.24, 2.45) is 0 Å². The molecule has 3 heterocycles. The van der Waals surface area contributed by atoms with Crippen molar-refractivity contribution in [2.75, 3.05) is 26.2 Å². The Bertz CT molecular complexity index is 539. The molecule has 3 fully saturated rings. The van der Waals surface area contributed by atoms with Crippen molar-refractivity contribution in [1.82, 2.24) is 15.1 Å². The number of carbonyl (C=O) groups is 1. The summed E-state index contributed by atoms with van der Waals surface area (Å²) in [6, 6.07) is 8.37. The molecule has 0 saturated carbocycles. The zero-order valence-corrected chi connectivity index (χ0v) is 14.1. The minimum Gasteiger partial charge on any atom is -0.491 e. The van der Waals surface area contributed by atoms with Gasteiger partial charge in [0, 0.05) is 44.3 Å². The monoisotopic (exact) mass is 317 g/mol. The van der Waals surface area contributed by atoms with Gasteiger partial charge < -0.3 is 19.9 Å². The van der Waals surface area contributed by atoms with Crippen molar-refractivity contribution in [1.29, 1.82) is 0 Å². The molecule has 3 aliphatic heterocycles. The maximum Gasteiger partial charge on any atom is 0.317 e. The van der Waals surface area contributed by atoms with E-state index in [2.05, 4.69) is 10.2 Å². The molecule has 0 unspecified atom stereocenters. The highest BCUT2D eigenvalue weighted by atomic mass is 16.5. The molecule has 5 heteroatoms. The molecular formula is C18H27N3O2. The minimum absolute atomic E-state index is 0.0538. The Morgan fingerprint density at radius 3 is 2.70 bits per heavy atom. The third-order valence-electron chi connectivity index (χ3n) is 4.68. The number of fused-ring (bicyclic) bond motifs is 4. The van der Waals surface area contributed by atoms with Crippen molar-refractivity contribution >= 4 is 6.03 Å². The molecule has 1 aromatic rings. The van der Waals surface area contributed by atoms with Crippen molar-refractivity contribution in [2.45, 2.75) is 45.4 Å². The fourth-order valence-electron chi connectivity index (χ4n) is 3.44. The van der Waals surface area contributed by atoms with Crippen LogP contribution in [0.4, 0.5) is 4.79 Å². The van der Waals surface area contributed by atoms with E-state index in [1.807, 2.05) is 43.0 Å². The molecule has 1 aromatic carbocycles. The summed E-state index contributed by atoms with van der Waals surface area (Å²) < 4.78 is 5.82. The van der Waals surface area contributed by atoms with Crippen LogP contribution in [-0.4, -0.2) is 54.2 Å². The number of ether oxygens (including phenoxy) is 1. The number of urea groups is 1. The summed E-state index contributed by atoms with van der Waals surface area (Å²) >= 11 is 0. The van der Waals surface area contributed by atoms with Gasteiger partial charge in [-0.2, -0.15) is 0 Å². The smallest absolute Gasteiger partial charge is 0.317 e. The lowest BCUT2D eigenvalue weighted by Gasteiger charge is -2.31. The van der Waals surface area contributed by atoms with Crippen LogP contribution in [0.3, 0.4) is 0 Å². The van der Waals surface area contributed by atoms with Gasteiger partial charge in [-0.15, -0.1) is 0 Å². The fraction of sp³-hybridized carbons (Fsp3) is 0.611. The molecule has 2 bridgehead atoms. The summed E-state index contributed by atoms with van der Waals surface area (Å²) in [4.78, 5) is 17.1. The van der Waals surface area contributed by atoms with E-state index in [1.54, 1.807) is 0 Å². The highest BCUT2D eigenvalue weighted by Gasteiger charge is 2.31. The Morgan fingerprint density at radius 2 is 1.96 bits per heavy atom. The van der Waals surface area contributed by atoms with E-state index in [-0.39, 0.29) is 12.1 Å². The quantitative estimate of drug-likeness (QED) is 0.928. The van der Waals surface area contributed by atoms with E-state index in [0.29, 0.717) is 12.6 Å². The van der Waals surface area contributed by atoms with Gasteiger partial charge in [-0.1, -0.05) is 18.2 Å². The normalized spacial score (nSPS) is 23.7. The summed E-state index contributed by atoms with van der Waals surface area (Å²) in [5, 5.41) is 3.08. The molecule has 0 radical (unpaired) electrons. The molecule has 0 aliphatic carbocycles. The zero-order chi connectivity index (χ0) is 16.2. The molecule has 0 spiro atoms. The van der Waals surface area contributed by atoms with E-state index in [4.69, 9.17) is 4.74 Å². The maximum absolute atomic E-state index is 12.6. The number of amides is 2. The first-order chi connectivity index (χ1) is 11.1. The topological polar surface area (TPSA) is 44.8 Å². The van der Waals surface area contributed by atoms with Crippen molar-refractivity contribution in [3.05, 3.63) is 29.8 Å². The standard InChI is InChI=1S/C18H27N3O2/c1-14(2)23-17-6-4-3-5-15(17)13-19-18(22)21-12-11-20-9-7-16(21)8-10-20/h3-6,14,16H,7-13H2,1-2H3,(H,19,22). The second-order valence-electron chi connectivity index (χ2n) is 6.70. The van der Waals surface area contributed by atoms with Gasteiger partial charge in [0.1, 0.15) is 5.75 Å². The number of piperidine rings is 1. The number of benzene rings is 1. The Morgan fingerprint density at radius 1 is 1.22 bits per heavy atom. The van der Waals surface area contributed by atoms with E-state index >= 15 is 0 Å². The summed E-state index contributed by atoms with van der Waals surface area (Å²) in [6.45, 7) is 8.61. The number of nitrogens with one attached hydrogen (secondary N) is 1. The molecule has 5 nitrogen and oxygen atoms in total. The lowest BCUT2D eigenvalue weighted by atomic mass is 10.1. The Hall–Kier alpha value is -1.75. The van der Waals surface area contributed by atoms with Crippen LogP contribution in [0, 0.1) is 0 Å². The van der Waals surface area contributed by atoms with E-state index in [9.17, 15) is 4.79 Å². The van der Waals surface area contributed by atoms with Gasteiger partial charge in [0.05, 0.1) is 6.10 Å². The average Bonchev–Trinajstić information content (AvgIpc) is 2.87. The number of hydrogen-bond acceptors (Lipinski definition) is 3. The largest absolute Gasteiger partial charge is 0.491 e. The lowest BCUT2D eigenvalue weighted by molar-refractivity contribution is 0.170. The van der Waals surface area contributed by atoms with Crippen LogP contribution < -0.4 is 10.1 Å². The number of hydrogen-bond donors (Lipinski definition) is 1. The van der Waals surface area contributed by atoms with Gasteiger partial charge in [-0.25, -0.2) is 4.79 Å². The minimum atomic E-state index is 0.0538. The molecule has 1 N–H and O–H groups in total. The van der Waals surface area contributed by atoms with Gasteiger partial charge in [-0.3, -0.25) is 0 Å². The molecule has 3 aliphatic rings. The van der Waals surface area contributed by atoms with Crippen LogP contribution in [0.2, 0.25) is 0 Å². The first-order valence-corrected chi connectivity index (χ1v) is 8.65. The van der Waals surface area contributed by atoms with Crippen LogP contribution >= 0.6 is 0 Å². The summed E-state index contributed by atoms with van der Waals surface area (Å²) in [5.41, 5.74) is 1.03. The van der Waals surface area contributed by atoms with Gasteiger partial charge in [0.15, 0.2) is 0 Å². The highest BCUT2D eigenvalue weighted by Crippen LogP contribution is 2.22. The van der Waals surface area contributed by atoms with Crippen LogP contribution in [0.25, 0.3) is 0 Å². The van der Waals surface area contributed by atoms with E-state index in [1.165, 1.54) is 0 Å². The predicted octanol–water partition coefficient (Wildman–Crippen LogP) is 2.46. The van der Waals surface area contributed by atoms with Crippen LogP contribution in [0.1, 0.15) is 32.3 Å². The predicted molar refractivity (Wildman–Crippen MR) is 90.6 cm³/mol. The third-order valence-corrected chi connectivity index (χ3v) is 4.68. The van der Waals surface area contributed by atoms with Crippen molar-refractivity contribution in [3.63, 3.8) is 0 Å². The Kier molecular flexibility index (Phi) is 5.06. The lowest BCUT2D eigenvalue weighted by Crippen LogP contribution is -2.46. The summed E-state index contributed by atoms with van der Waals surface area (Å²) in [5.74, 6) is 0.853. The maximum atomic E-state index is 12.6. The molecule has 0 aromatic heterocycles. The summed E-state index contributed by atoms with van der Waals surface area (Å²) in [7, 11) is 0. The molecule has 0 atom stereocenters. The van der Waals surface area contributed by atoms with Gasteiger partial charge in [-0.05, 0) is 32.8 Å². The first-order valence-electron chi connectivity index (χ1n) is 8.65. The SMILES string of the molecule is CC(C)Oc1ccccc1CNC(=O)N1CCN2CCC1CC2. The third kappa shape index (κ3) is 3.96. The van der Waals surface area contributed by atoms with Crippen molar-refractivity contribution in [3.8, 4) is 5.75 Å². The zero-order valence-electron chi connectivity index (χ0n) is 14.1. The van der Waals surface area contributed by atoms with Gasteiger partial charge >= 0.3 is 6.03 Å². The number of carbonyl (C=O) groups excluding carboxylic acids is 1. The average molecular weight is 317 g/mol. The second-order valence-corrected chi connectivity index (χ2v) is 6.70. The molecule has 126 valence electrons. The van der Waals surface area contributed by atoms with Crippen LogP contribution in [0.5, 0.6) is 5.75 Å². The molecule has 3 saturated heterocycles. The van der Waals surface area contributed by atoms with E-state index in [0.717, 1.165) is 50.3 Å². The number of para-hydroxylation sites is 1. The second kappa shape index (κ2) is 7.21. The molecule has 2 amide bonds.